The number of hydrogen-bond donors (Lipinski definition) is 2. The molecule has 13 heteroatoms. The first kappa shape index (κ1) is 24.5. The van der Waals surface area contributed by atoms with E-state index in [4.69, 9.17) is 49.4 Å². The van der Waals surface area contributed by atoms with Gasteiger partial charge in [0.05, 0.1) is 10.8 Å². The Kier molecular flexibility index (Phi) is 8.46. The first-order chi connectivity index (χ1) is 13.6. The molecule has 2 unspecified atom stereocenters. The van der Waals surface area contributed by atoms with Gasteiger partial charge in [0.25, 0.3) is 0 Å². The molecule has 0 spiro atoms. The molecule has 8 nitrogen and oxygen atoms in total. The number of hydrogen-bond acceptors (Lipinski definition) is 8. The minimum absolute atomic E-state index is 0.152. The molecule has 2 aliphatic heterocycles. The number of thioether (sulfide) groups is 2. The quantitative estimate of drug-likeness (QED) is 0.199. The molecule has 2 rings (SSSR count). The lowest BCUT2D eigenvalue weighted by Crippen LogP contribution is -2.70. The van der Waals surface area contributed by atoms with Gasteiger partial charge in [-0.2, -0.15) is 0 Å². The first-order valence-corrected chi connectivity index (χ1v) is 11.4. The van der Waals surface area contributed by atoms with E-state index in [1.54, 1.807) is 6.08 Å². The van der Waals surface area contributed by atoms with Crippen LogP contribution in [-0.4, -0.2) is 66.9 Å². The molecule has 0 saturated carbocycles. The molecule has 162 valence electrons. The highest BCUT2D eigenvalue weighted by Gasteiger charge is 2.68. The number of carbonyl (C=O) groups excluding carboxylic acids is 2. The lowest BCUT2D eigenvalue weighted by Gasteiger charge is -2.54. The Morgan fingerprint density at radius 1 is 1.41 bits per heavy atom. The average Bonchev–Trinajstić information content (AvgIpc) is 2.90. The molecular formula is C16H18Cl3NO7S2. The molecule has 2 aliphatic rings. The highest BCUT2D eigenvalue weighted by molar-refractivity contribution is 8.23. The van der Waals surface area contributed by atoms with Crippen molar-refractivity contribution in [3.63, 3.8) is 0 Å². The maximum Gasteiger partial charge on any atom is 0.510 e. The number of alkyl halides is 3. The fourth-order valence-corrected chi connectivity index (χ4v) is 6.32. The van der Waals surface area contributed by atoms with E-state index in [1.165, 1.54) is 23.6 Å². The second kappa shape index (κ2) is 10.0. The summed E-state index contributed by atoms with van der Waals surface area (Å²) in [4.78, 5) is 35.5. The second-order valence-corrected chi connectivity index (χ2v) is 10.3. The van der Waals surface area contributed by atoms with Crippen molar-refractivity contribution in [1.29, 1.82) is 0 Å². The van der Waals surface area contributed by atoms with Crippen molar-refractivity contribution in [2.24, 2.45) is 5.92 Å². The van der Waals surface area contributed by atoms with Gasteiger partial charge in [-0.15, -0.1) is 18.3 Å². The average molecular weight is 507 g/mol. The smallest absolute Gasteiger partial charge is 0.477 e. The predicted molar refractivity (Wildman–Crippen MR) is 112 cm³/mol. The van der Waals surface area contributed by atoms with Crippen LogP contribution >= 0.6 is 58.3 Å². The number of aliphatic carboxylic acids is 1. The van der Waals surface area contributed by atoms with E-state index in [2.05, 4.69) is 6.58 Å². The number of amides is 1. The molecule has 1 amide bonds. The van der Waals surface area contributed by atoms with Gasteiger partial charge in [-0.05, 0) is 13.3 Å². The number of halogens is 3. The van der Waals surface area contributed by atoms with Crippen LogP contribution in [0.4, 0.5) is 4.79 Å². The van der Waals surface area contributed by atoms with Crippen LogP contribution in [0.1, 0.15) is 13.3 Å². The second-order valence-electron chi connectivity index (χ2n) is 5.98. The number of carboxylic acid groups (broad SMARTS) is 1. The Morgan fingerprint density at radius 3 is 2.59 bits per heavy atom. The van der Waals surface area contributed by atoms with Crippen LogP contribution in [0.2, 0.25) is 0 Å². The van der Waals surface area contributed by atoms with Gasteiger partial charge in [0.15, 0.2) is 10.5 Å². The molecule has 2 heterocycles. The summed E-state index contributed by atoms with van der Waals surface area (Å²) in [6.45, 7) is 5.03. The summed E-state index contributed by atoms with van der Waals surface area (Å²) in [5, 5.41) is 18.7. The number of aliphatic hydroxyl groups is 1. The van der Waals surface area contributed by atoms with Gasteiger partial charge in [0.1, 0.15) is 16.9 Å². The van der Waals surface area contributed by atoms with Gasteiger partial charge >= 0.3 is 12.1 Å². The van der Waals surface area contributed by atoms with Crippen LogP contribution in [0.3, 0.4) is 0 Å². The fraction of sp³-hybridized carbons (Fsp3) is 0.562. The van der Waals surface area contributed by atoms with E-state index in [0.717, 1.165) is 11.8 Å². The van der Waals surface area contributed by atoms with Crippen molar-refractivity contribution in [3.05, 3.63) is 22.6 Å². The SMILES string of the molecule is C=CC[C@]12SC(SCCO)=C(C(=O)O)N1C(=O)[C@@H]2C(C)OC(=O)OC(Cl)C(Cl)Cl. The van der Waals surface area contributed by atoms with E-state index in [9.17, 15) is 19.5 Å². The van der Waals surface area contributed by atoms with Gasteiger partial charge in [-0.25, -0.2) is 9.59 Å². The summed E-state index contributed by atoms with van der Waals surface area (Å²) >= 11 is 19.0. The van der Waals surface area contributed by atoms with Gasteiger partial charge in [-0.1, -0.05) is 52.6 Å². The van der Waals surface area contributed by atoms with Crippen LogP contribution in [-0.2, 0) is 19.1 Å². The third-order valence-electron chi connectivity index (χ3n) is 4.16. The normalized spacial score (nSPS) is 25.4. The molecule has 0 aromatic heterocycles. The predicted octanol–water partition coefficient (Wildman–Crippen LogP) is 3.35. The van der Waals surface area contributed by atoms with Crippen molar-refractivity contribution < 1.29 is 34.1 Å². The Balaban J connectivity index is 2.23. The van der Waals surface area contributed by atoms with E-state index >= 15 is 0 Å². The van der Waals surface area contributed by atoms with Gasteiger partial charge in [-0.3, -0.25) is 9.69 Å². The summed E-state index contributed by atoms with van der Waals surface area (Å²) in [7, 11) is 0. The number of carbonyl (C=O) groups is 3. The minimum Gasteiger partial charge on any atom is -0.477 e. The van der Waals surface area contributed by atoms with E-state index in [-0.39, 0.29) is 24.5 Å². The van der Waals surface area contributed by atoms with Crippen LogP contribution in [0, 0.1) is 5.92 Å². The van der Waals surface area contributed by atoms with Gasteiger partial charge in [0, 0.05) is 5.75 Å². The lowest BCUT2D eigenvalue weighted by atomic mass is 9.80. The summed E-state index contributed by atoms with van der Waals surface area (Å²) in [5.41, 5.74) is -1.49. The number of carboxylic acids is 1. The third-order valence-corrected chi connectivity index (χ3v) is 8.00. The van der Waals surface area contributed by atoms with Crippen LogP contribution < -0.4 is 0 Å². The largest absolute Gasteiger partial charge is 0.510 e. The Hall–Kier alpha value is -0.780. The van der Waals surface area contributed by atoms with Crippen molar-refractivity contribution in [2.75, 3.05) is 12.4 Å². The maximum atomic E-state index is 12.8. The topological polar surface area (TPSA) is 113 Å². The number of nitrogens with zero attached hydrogens (tertiary/aromatic N) is 1. The third kappa shape index (κ3) is 4.77. The molecule has 0 aliphatic carbocycles. The Labute approximate surface area is 190 Å². The lowest BCUT2D eigenvalue weighted by molar-refractivity contribution is -0.167. The molecule has 0 aromatic carbocycles. The molecular weight excluding hydrogens is 489 g/mol. The number of fused-ring (bicyclic) bond motifs is 1. The molecule has 0 aromatic rings. The Bertz CT molecular complexity index is 735. The van der Waals surface area contributed by atoms with Gasteiger partial charge in [0.2, 0.25) is 11.5 Å². The molecule has 0 bridgehead atoms. The summed E-state index contributed by atoms with van der Waals surface area (Å²) < 4.78 is 10.3. The number of β-lactam (4-membered cyclic amide) rings is 1. The van der Waals surface area contributed by atoms with Crippen molar-refractivity contribution in [1.82, 2.24) is 4.90 Å². The molecule has 1 fully saturated rings. The molecule has 0 radical (unpaired) electrons. The van der Waals surface area contributed by atoms with E-state index in [1.807, 2.05) is 0 Å². The zero-order chi connectivity index (χ0) is 21.9. The Morgan fingerprint density at radius 2 is 2.07 bits per heavy atom. The van der Waals surface area contributed by atoms with Crippen molar-refractivity contribution in [3.8, 4) is 0 Å². The highest BCUT2D eigenvalue weighted by atomic mass is 35.5. The monoisotopic (exact) mass is 505 g/mol. The number of aliphatic hydroxyl groups excluding tert-OH is 1. The number of rotatable bonds is 10. The van der Waals surface area contributed by atoms with E-state index in [0.29, 0.717) is 4.24 Å². The standard InChI is InChI=1S/C16H18Cl3NO7S2/c1-3-4-16-8(7(2)26-15(25)27-11(19)10(17)18)12(22)20(16)9(13(23)24)14(29-16)28-6-5-21/h3,7-8,10-11,21H,1,4-6H2,2H3,(H,23,24)/t7?,8-,11?,16+/m0/s1. The van der Waals surface area contributed by atoms with E-state index < -0.39 is 45.3 Å². The highest BCUT2D eigenvalue weighted by Crippen LogP contribution is 2.63. The first-order valence-electron chi connectivity index (χ1n) is 8.25. The van der Waals surface area contributed by atoms with Gasteiger partial charge < -0.3 is 19.7 Å². The summed E-state index contributed by atoms with van der Waals surface area (Å²) in [5.74, 6) is -2.35. The summed E-state index contributed by atoms with van der Waals surface area (Å²) in [6, 6.07) is 0. The zero-order valence-electron chi connectivity index (χ0n) is 15.0. The molecule has 2 N–H and O–H groups in total. The van der Waals surface area contributed by atoms with Crippen molar-refractivity contribution in [2.45, 2.75) is 34.7 Å². The molecule has 1 saturated heterocycles. The van der Waals surface area contributed by atoms with Crippen LogP contribution in [0.25, 0.3) is 0 Å². The maximum absolute atomic E-state index is 12.8. The van der Waals surface area contributed by atoms with Crippen molar-refractivity contribution >= 4 is 76.4 Å². The van der Waals surface area contributed by atoms with Crippen LogP contribution in [0.15, 0.2) is 22.6 Å². The summed E-state index contributed by atoms with van der Waals surface area (Å²) in [6.07, 6.45) is -0.304. The minimum atomic E-state index is -1.34. The number of ether oxygens (including phenoxy) is 2. The molecule has 29 heavy (non-hydrogen) atoms. The fourth-order valence-electron chi connectivity index (χ4n) is 3.14. The molecule has 4 atom stereocenters. The zero-order valence-corrected chi connectivity index (χ0v) is 18.9. The van der Waals surface area contributed by atoms with Crippen LogP contribution in [0.5, 0.6) is 0 Å².